The molecule has 36 heavy (non-hydrogen) atoms. The fraction of sp³-hybridized carbons (Fsp3) is 0.476. The molecule has 0 spiro atoms. The number of methoxy groups -OCH3 is 1. The number of aliphatic hydroxyl groups is 2. The largest absolute Gasteiger partial charge is 0.394 e. The van der Waals surface area contributed by atoms with Crippen LogP contribution < -0.4 is 0 Å². The van der Waals surface area contributed by atoms with Crippen molar-refractivity contribution in [2.45, 2.75) is 41.1 Å². The van der Waals surface area contributed by atoms with Crippen molar-refractivity contribution in [1.29, 1.82) is 0 Å². The number of aliphatic hydroxyl groups excluding tert-OH is 2. The Morgan fingerprint density at radius 2 is 2.19 bits per heavy atom. The molecule has 5 heterocycles. The smallest absolute Gasteiger partial charge is 0.273 e. The summed E-state index contributed by atoms with van der Waals surface area (Å²) in [7, 11) is 1.49. The second-order valence-electron chi connectivity index (χ2n) is 8.23. The zero-order valence-electron chi connectivity index (χ0n) is 18.9. The predicted octanol–water partition coefficient (Wildman–Crippen LogP) is 2.38. The zero-order valence-corrected chi connectivity index (χ0v) is 22.0. The maximum Gasteiger partial charge on any atom is 0.273 e. The van der Waals surface area contributed by atoms with Gasteiger partial charge >= 0.3 is 0 Å². The average Bonchev–Trinajstić information content (AvgIpc) is 3.47. The number of hydrogen-bond donors (Lipinski definition) is 2. The standard InChI is InChI=1S/C21H22Cl2N6O5S2/c1-33-18-16(29-7-11(26-27-29)19-25-14(23)9-35-19)17(31)12(8-30)34-21(18)36-13-5-10(22)6-24-15(13)20(32)28-3-2-4-28/h5-7,9,12,16-18,21,30-31H,2-4,8H2,1H3/t12?,16-,17-,18?,21+/m0/s1. The number of thioether (sulfide) groups is 1. The number of carbonyl (C=O) groups excluding carboxylic acids is 1. The normalized spacial score (nSPS) is 26.1. The molecule has 0 aliphatic carbocycles. The van der Waals surface area contributed by atoms with Gasteiger partial charge in [-0.05, 0) is 12.5 Å². The minimum atomic E-state index is -1.16. The topological polar surface area (TPSA) is 136 Å². The molecule has 5 atom stereocenters. The molecule has 0 aromatic carbocycles. The van der Waals surface area contributed by atoms with E-state index >= 15 is 0 Å². The summed E-state index contributed by atoms with van der Waals surface area (Å²) < 4.78 is 13.3. The van der Waals surface area contributed by atoms with E-state index in [-0.39, 0.29) is 11.6 Å². The Morgan fingerprint density at radius 3 is 2.83 bits per heavy atom. The summed E-state index contributed by atoms with van der Waals surface area (Å²) in [5.41, 5.74) is -0.00755. The molecule has 192 valence electrons. The van der Waals surface area contributed by atoms with Gasteiger partial charge in [0.05, 0.1) is 17.8 Å². The second-order valence-corrected chi connectivity index (χ2v) is 11.1. The van der Waals surface area contributed by atoms with Gasteiger partial charge < -0.3 is 24.6 Å². The minimum Gasteiger partial charge on any atom is -0.394 e. The highest BCUT2D eigenvalue weighted by molar-refractivity contribution is 8.00. The first kappa shape index (κ1) is 25.8. The highest BCUT2D eigenvalue weighted by atomic mass is 35.5. The molecule has 15 heteroatoms. The van der Waals surface area contributed by atoms with Gasteiger partial charge in [-0.3, -0.25) is 4.79 Å². The highest BCUT2D eigenvalue weighted by Crippen LogP contribution is 2.41. The lowest BCUT2D eigenvalue weighted by Gasteiger charge is -2.43. The van der Waals surface area contributed by atoms with Crippen LogP contribution in [0.25, 0.3) is 10.7 Å². The number of likely N-dealkylation sites (tertiary alicyclic amines) is 1. The third-order valence-electron chi connectivity index (χ3n) is 6.02. The Morgan fingerprint density at radius 1 is 1.39 bits per heavy atom. The molecule has 2 saturated heterocycles. The summed E-state index contributed by atoms with van der Waals surface area (Å²) in [5.74, 6) is -0.191. The Labute approximate surface area is 224 Å². The summed E-state index contributed by atoms with van der Waals surface area (Å²) in [6.45, 7) is 0.906. The van der Waals surface area contributed by atoms with E-state index < -0.39 is 36.4 Å². The number of halogens is 2. The molecule has 1 amide bonds. The Kier molecular flexibility index (Phi) is 7.79. The third kappa shape index (κ3) is 4.98. The van der Waals surface area contributed by atoms with E-state index in [9.17, 15) is 15.0 Å². The molecule has 11 nitrogen and oxygen atoms in total. The van der Waals surface area contributed by atoms with Gasteiger partial charge in [0.15, 0.2) is 0 Å². The quantitative estimate of drug-likeness (QED) is 0.434. The van der Waals surface area contributed by atoms with Crippen molar-refractivity contribution in [2.24, 2.45) is 0 Å². The maximum atomic E-state index is 13.0. The average molecular weight is 573 g/mol. The van der Waals surface area contributed by atoms with Gasteiger partial charge in [-0.15, -0.1) is 16.4 Å². The van der Waals surface area contributed by atoms with Gasteiger partial charge in [0.2, 0.25) is 0 Å². The molecule has 2 N–H and O–H groups in total. The zero-order chi connectivity index (χ0) is 25.4. The number of carbonyl (C=O) groups is 1. The number of nitrogens with zero attached hydrogens (tertiary/aromatic N) is 6. The van der Waals surface area contributed by atoms with Crippen LogP contribution in [0.2, 0.25) is 10.2 Å². The first-order chi connectivity index (χ1) is 17.4. The summed E-state index contributed by atoms with van der Waals surface area (Å²) in [5, 5.41) is 32.4. The van der Waals surface area contributed by atoms with Crippen LogP contribution in [-0.4, -0.2) is 96.5 Å². The Balaban J connectivity index is 1.46. The van der Waals surface area contributed by atoms with Gasteiger partial charge in [0.1, 0.15) is 51.3 Å². The van der Waals surface area contributed by atoms with Crippen molar-refractivity contribution in [3.8, 4) is 10.7 Å². The number of pyridine rings is 1. The van der Waals surface area contributed by atoms with E-state index in [1.165, 1.54) is 41.1 Å². The lowest BCUT2D eigenvalue weighted by atomic mass is 9.97. The van der Waals surface area contributed by atoms with Gasteiger partial charge in [0, 0.05) is 36.7 Å². The SMILES string of the molecule is COC1[C@@H](Sc2cc(Cl)cnc2C(=O)N2CCC2)OC(CO)[C@H](O)[C@@H]1n1cc(-c2nc(Cl)cs2)nn1. The number of rotatable bonds is 7. The van der Waals surface area contributed by atoms with Crippen molar-refractivity contribution in [2.75, 3.05) is 26.8 Å². The van der Waals surface area contributed by atoms with E-state index in [0.29, 0.717) is 38.9 Å². The monoisotopic (exact) mass is 572 g/mol. The van der Waals surface area contributed by atoms with Crippen LogP contribution in [0, 0.1) is 0 Å². The van der Waals surface area contributed by atoms with Crippen LogP contribution in [0.5, 0.6) is 0 Å². The molecular weight excluding hydrogens is 551 g/mol. The first-order valence-corrected chi connectivity index (χ1v) is 13.5. The second kappa shape index (κ2) is 10.9. The number of hydrogen-bond acceptors (Lipinski definition) is 11. The minimum absolute atomic E-state index is 0.191. The Bertz CT molecular complexity index is 1240. The molecule has 2 aliphatic heterocycles. The molecule has 5 rings (SSSR count). The van der Waals surface area contributed by atoms with Crippen LogP contribution in [0.4, 0.5) is 0 Å². The van der Waals surface area contributed by atoms with E-state index in [1.54, 1.807) is 22.5 Å². The molecule has 2 fully saturated rings. The predicted molar refractivity (Wildman–Crippen MR) is 133 cm³/mol. The highest BCUT2D eigenvalue weighted by Gasteiger charge is 2.48. The van der Waals surface area contributed by atoms with Crippen LogP contribution >= 0.6 is 46.3 Å². The van der Waals surface area contributed by atoms with E-state index in [2.05, 4.69) is 20.3 Å². The molecule has 3 aromatic rings. The van der Waals surface area contributed by atoms with Gasteiger partial charge in [-0.2, -0.15) is 0 Å². The lowest BCUT2D eigenvalue weighted by molar-refractivity contribution is -0.186. The first-order valence-electron chi connectivity index (χ1n) is 11.0. The molecule has 2 aliphatic rings. The van der Waals surface area contributed by atoms with Crippen LogP contribution in [-0.2, 0) is 9.47 Å². The fourth-order valence-corrected chi connectivity index (χ4v) is 6.49. The fourth-order valence-electron chi connectivity index (χ4n) is 4.07. The molecule has 0 radical (unpaired) electrons. The molecule has 0 saturated carbocycles. The van der Waals surface area contributed by atoms with Crippen molar-refractivity contribution >= 4 is 52.2 Å². The summed E-state index contributed by atoms with van der Waals surface area (Å²) in [6.07, 6.45) is 1.17. The molecule has 3 aromatic heterocycles. The molecule has 2 unspecified atom stereocenters. The third-order valence-corrected chi connectivity index (χ3v) is 8.59. The van der Waals surface area contributed by atoms with Crippen LogP contribution in [0.15, 0.2) is 28.7 Å². The van der Waals surface area contributed by atoms with E-state index in [0.717, 1.165) is 6.42 Å². The van der Waals surface area contributed by atoms with Gasteiger partial charge in [-0.25, -0.2) is 14.6 Å². The summed E-state index contributed by atoms with van der Waals surface area (Å²) in [4.78, 5) is 23.7. The summed E-state index contributed by atoms with van der Waals surface area (Å²) in [6, 6.07) is 0.882. The van der Waals surface area contributed by atoms with E-state index in [1.807, 2.05) is 0 Å². The van der Waals surface area contributed by atoms with E-state index in [4.69, 9.17) is 32.7 Å². The Hall–Kier alpha value is -1.84. The maximum absolute atomic E-state index is 13.0. The molecule has 0 bridgehead atoms. The van der Waals surface area contributed by atoms with Gasteiger partial charge in [-0.1, -0.05) is 40.2 Å². The van der Waals surface area contributed by atoms with Gasteiger partial charge in [0.25, 0.3) is 5.91 Å². The van der Waals surface area contributed by atoms with Crippen LogP contribution in [0.1, 0.15) is 23.0 Å². The molecular formula is C21H22Cl2N6O5S2. The number of amides is 1. The number of ether oxygens (including phenoxy) is 2. The van der Waals surface area contributed by atoms with Crippen molar-refractivity contribution in [3.05, 3.63) is 39.7 Å². The lowest BCUT2D eigenvalue weighted by Crippen LogP contribution is -2.55. The van der Waals surface area contributed by atoms with Crippen molar-refractivity contribution < 1.29 is 24.5 Å². The summed E-state index contributed by atoms with van der Waals surface area (Å²) >= 11 is 14.7. The number of thiazole rings is 1. The van der Waals surface area contributed by atoms with Crippen molar-refractivity contribution in [3.63, 3.8) is 0 Å². The van der Waals surface area contributed by atoms with Crippen molar-refractivity contribution in [1.82, 2.24) is 29.9 Å². The number of aromatic nitrogens is 5. The van der Waals surface area contributed by atoms with Crippen LogP contribution in [0.3, 0.4) is 0 Å².